The van der Waals surface area contributed by atoms with E-state index < -0.39 is 0 Å². The SMILES string of the molecule is NCc1nnc2cc3c(nn12)CCCC3. The average molecular weight is 203 g/mol. The third-order valence-electron chi connectivity index (χ3n) is 2.92. The number of hydrogen-bond acceptors (Lipinski definition) is 4. The van der Waals surface area contributed by atoms with Crippen molar-refractivity contribution in [1.82, 2.24) is 19.8 Å². The molecule has 15 heavy (non-hydrogen) atoms. The fraction of sp³-hybridized carbons (Fsp3) is 0.500. The second-order valence-electron chi connectivity index (χ2n) is 3.91. The van der Waals surface area contributed by atoms with Crippen LogP contribution in [0, 0.1) is 0 Å². The van der Waals surface area contributed by atoms with Gasteiger partial charge >= 0.3 is 0 Å². The summed E-state index contributed by atoms with van der Waals surface area (Å²) in [6.07, 6.45) is 4.66. The minimum atomic E-state index is 0.382. The summed E-state index contributed by atoms with van der Waals surface area (Å²) >= 11 is 0. The lowest BCUT2D eigenvalue weighted by Crippen LogP contribution is -2.11. The summed E-state index contributed by atoms with van der Waals surface area (Å²) in [5, 5.41) is 12.6. The lowest BCUT2D eigenvalue weighted by Gasteiger charge is -2.13. The van der Waals surface area contributed by atoms with Gasteiger partial charge in [0.15, 0.2) is 11.5 Å². The van der Waals surface area contributed by atoms with Gasteiger partial charge in [-0.1, -0.05) is 0 Å². The Morgan fingerprint density at radius 3 is 3.00 bits per heavy atom. The number of nitrogens with two attached hydrogens (primary N) is 1. The Hall–Kier alpha value is -1.49. The van der Waals surface area contributed by atoms with E-state index in [1.165, 1.54) is 24.1 Å². The highest BCUT2D eigenvalue weighted by Crippen LogP contribution is 2.20. The Labute approximate surface area is 87.3 Å². The molecule has 3 rings (SSSR count). The number of aryl methyl sites for hydroxylation is 2. The zero-order valence-electron chi connectivity index (χ0n) is 8.48. The van der Waals surface area contributed by atoms with Crippen LogP contribution >= 0.6 is 0 Å². The first-order valence-corrected chi connectivity index (χ1v) is 5.31. The highest BCUT2D eigenvalue weighted by molar-refractivity contribution is 5.41. The summed E-state index contributed by atoms with van der Waals surface area (Å²) in [6, 6.07) is 2.09. The Balaban J connectivity index is 2.23. The van der Waals surface area contributed by atoms with Crippen molar-refractivity contribution >= 4 is 5.65 Å². The highest BCUT2D eigenvalue weighted by atomic mass is 15.4. The Bertz CT molecular complexity index is 502. The summed E-state index contributed by atoms with van der Waals surface area (Å²) in [5.41, 5.74) is 8.90. The van der Waals surface area contributed by atoms with E-state index in [0.717, 1.165) is 24.3 Å². The summed E-state index contributed by atoms with van der Waals surface area (Å²) in [4.78, 5) is 0. The first kappa shape index (κ1) is 8.79. The standard InChI is InChI=1S/C10H13N5/c11-6-10-13-12-9-5-7-3-1-2-4-8(7)14-15(9)10/h5H,1-4,6,11H2. The summed E-state index contributed by atoms with van der Waals surface area (Å²) in [5.74, 6) is 0.735. The first-order valence-electron chi connectivity index (χ1n) is 5.31. The van der Waals surface area contributed by atoms with Crippen molar-refractivity contribution in [3.8, 4) is 0 Å². The van der Waals surface area contributed by atoms with Crippen molar-refractivity contribution in [2.75, 3.05) is 0 Å². The van der Waals surface area contributed by atoms with Crippen LogP contribution in [0.3, 0.4) is 0 Å². The average Bonchev–Trinajstić information content (AvgIpc) is 2.68. The van der Waals surface area contributed by atoms with Gasteiger partial charge in [0.25, 0.3) is 0 Å². The summed E-state index contributed by atoms with van der Waals surface area (Å²) < 4.78 is 1.77. The minimum Gasteiger partial charge on any atom is -0.324 e. The molecule has 2 N–H and O–H groups in total. The molecule has 0 unspecified atom stereocenters. The molecule has 2 aromatic heterocycles. The number of aromatic nitrogens is 4. The molecule has 2 heterocycles. The van der Waals surface area contributed by atoms with E-state index in [4.69, 9.17) is 5.73 Å². The Morgan fingerprint density at radius 1 is 1.27 bits per heavy atom. The molecule has 0 aliphatic heterocycles. The number of fused-ring (bicyclic) bond motifs is 2. The molecule has 1 aliphatic rings. The zero-order valence-corrected chi connectivity index (χ0v) is 8.48. The molecule has 78 valence electrons. The molecular formula is C10H13N5. The number of nitrogens with zero attached hydrogens (tertiary/aromatic N) is 4. The van der Waals surface area contributed by atoms with Crippen LogP contribution in [-0.4, -0.2) is 19.8 Å². The fourth-order valence-electron chi connectivity index (χ4n) is 2.11. The van der Waals surface area contributed by atoms with Gasteiger partial charge in [-0.2, -0.15) is 9.61 Å². The molecule has 0 spiro atoms. The van der Waals surface area contributed by atoms with E-state index in [9.17, 15) is 0 Å². The van der Waals surface area contributed by atoms with Crippen LogP contribution in [0.25, 0.3) is 5.65 Å². The van der Waals surface area contributed by atoms with Crippen molar-refractivity contribution in [1.29, 1.82) is 0 Å². The number of rotatable bonds is 1. The largest absolute Gasteiger partial charge is 0.324 e. The van der Waals surface area contributed by atoms with E-state index in [-0.39, 0.29) is 0 Å². The van der Waals surface area contributed by atoms with Crippen LogP contribution < -0.4 is 5.73 Å². The predicted octanol–water partition coefficient (Wildman–Crippen LogP) is 0.462. The summed E-state index contributed by atoms with van der Waals surface area (Å²) in [7, 11) is 0. The van der Waals surface area contributed by atoms with Gasteiger partial charge in [0.2, 0.25) is 0 Å². The van der Waals surface area contributed by atoms with Gasteiger partial charge in [0.05, 0.1) is 12.2 Å². The predicted molar refractivity (Wildman–Crippen MR) is 55.3 cm³/mol. The quantitative estimate of drug-likeness (QED) is 0.731. The van der Waals surface area contributed by atoms with Gasteiger partial charge in [0, 0.05) is 0 Å². The Morgan fingerprint density at radius 2 is 2.13 bits per heavy atom. The van der Waals surface area contributed by atoms with Gasteiger partial charge in [-0.25, -0.2) is 0 Å². The zero-order chi connectivity index (χ0) is 10.3. The van der Waals surface area contributed by atoms with E-state index in [2.05, 4.69) is 21.4 Å². The van der Waals surface area contributed by atoms with E-state index >= 15 is 0 Å². The first-order chi connectivity index (χ1) is 7.38. The third-order valence-corrected chi connectivity index (χ3v) is 2.92. The summed E-state index contributed by atoms with van der Waals surface area (Å²) in [6.45, 7) is 0.382. The van der Waals surface area contributed by atoms with Crippen LogP contribution in [0.1, 0.15) is 29.9 Å². The van der Waals surface area contributed by atoms with Crippen molar-refractivity contribution in [3.63, 3.8) is 0 Å². The lowest BCUT2D eigenvalue weighted by molar-refractivity contribution is 0.643. The van der Waals surface area contributed by atoms with Gasteiger partial charge in [-0.05, 0) is 37.3 Å². The molecule has 0 fully saturated rings. The molecule has 0 saturated carbocycles. The molecule has 0 atom stereocenters. The van der Waals surface area contributed by atoms with Crippen LogP contribution in [0.15, 0.2) is 6.07 Å². The monoisotopic (exact) mass is 203 g/mol. The van der Waals surface area contributed by atoms with Crippen LogP contribution in [0.4, 0.5) is 0 Å². The normalized spacial score (nSPS) is 15.5. The second kappa shape index (κ2) is 3.27. The maximum absolute atomic E-state index is 5.57. The van der Waals surface area contributed by atoms with Gasteiger partial charge < -0.3 is 5.73 Å². The van der Waals surface area contributed by atoms with Gasteiger partial charge in [-0.15, -0.1) is 10.2 Å². The molecule has 0 bridgehead atoms. The molecule has 1 aliphatic carbocycles. The second-order valence-corrected chi connectivity index (χ2v) is 3.91. The molecule has 0 radical (unpaired) electrons. The molecule has 5 heteroatoms. The van der Waals surface area contributed by atoms with E-state index in [0.29, 0.717) is 6.54 Å². The van der Waals surface area contributed by atoms with Crippen LogP contribution in [0.5, 0.6) is 0 Å². The molecule has 0 amide bonds. The smallest absolute Gasteiger partial charge is 0.178 e. The van der Waals surface area contributed by atoms with Crippen molar-refractivity contribution < 1.29 is 0 Å². The maximum atomic E-state index is 5.57. The number of hydrogen-bond donors (Lipinski definition) is 1. The van der Waals surface area contributed by atoms with Crippen molar-refractivity contribution in [2.45, 2.75) is 32.2 Å². The highest BCUT2D eigenvalue weighted by Gasteiger charge is 2.14. The van der Waals surface area contributed by atoms with Crippen LogP contribution in [0.2, 0.25) is 0 Å². The molecule has 0 aromatic carbocycles. The van der Waals surface area contributed by atoms with Gasteiger partial charge in [-0.3, -0.25) is 0 Å². The Kier molecular flexibility index (Phi) is 1.92. The lowest BCUT2D eigenvalue weighted by atomic mass is 9.97. The van der Waals surface area contributed by atoms with Crippen molar-refractivity contribution in [3.05, 3.63) is 23.1 Å². The van der Waals surface area contributed by atoms with Crippen molar-refractivity contribution in [2.24, 2.45) is 5.73 Å². The van der Waals surface area contributed by atoms with E-state index in [1.807, 2.05) is 0 Å². The minimum absolute atomic E-state index is 0.382. The van der Waals surface area contributed by atoms with E-state index in [1.54, 1.807) is 4.52 Å². The van der Waals surface area contributed by atoms with Crippen LogP contribution in [-0.2, 0) is 19.4 Å². The third kappa shape index (κ3) is 1.31. The maximum Gasteiger partial charge on any atom is 0.178 e. The molecule has 0 saturated heterocycles. The molecule has 2 aromatic rings. The van der Waals surface area contributed by atoms with Gasteiger partial charge in [0.1, 0.15) is 0 Å². The topological polar surface area (TPSA) is 69.1 Å². The fourth-order valence-corrected chi connectivity index (χ4v) is 2.11. The molecule has 5 nitrogen and oxygen atoms in total. The molecular weight excluding hydrogens is 190 g/mol.